The van der Waals surface area contributed by atoms with Gasteiger partial charge in [0.1, 0.15) is 11.6 Å². The number of nitrogens with zero attached hydrogens (tertiary/aromatic N) is 1. The summed E-state index contributed by atoms with van der Waals surface area (Å²) in [6, 6.07) is 23.6. The third kappa shape index (κ3) is 5.97. The Bertz CT molecular complexity index is 1570. The first kappa shape index (κ1) is 25.7. The van der Waals surface area contributed by atoms with Crippen LogP contribution < -0.4 is 14.8 Å². The van der Waals surface area contributed by atoms with Crippen molar-refractivity contribution in [2.24, 2.45) is 0 Å². The van der Waals surface area contributed by atoms with Crippen LogP contribution in [0.2, 0.25) is 15.1 Å². The van der Waals surface area contributed by atoms with Crippen molar-refractivity contribution in [2.45, 2.75) is 20.1 Å². The van der Waals surface area contributed by atoms with Crippen LogP contribution in [0.4, 0.5) is 5.69 Å². The minimum Gasteiger partial charge on any atom is -0.493 e. The van der Waals surface area contributed by atoms with Crippen LogP contribution in [0, 0.1) is 6.92 Å². The molecular weight excluding hydrogens is 547 g/mol. The third-order valence-corrected chi connectivity index (χ3v) is 8.03. The SMILES string of the molecule is COc1cc(CNc2ccc(-c3nc4ccc(C)cc4s3)cc2)c(Cl)cc1OCc1ccc(Cl)c(Cl)c1. The van der Waals surface area contributed by atoms with E-state index in [0.717, 1.165) is 32.9 Å². The number of nitrogens with one attached hydrogen (secondary N) is 1. The molecule has 8 heteroatoms. The number of thiazole rings is 1. The van der Waals surface area contributed by atoms with E-state index in [1.54, 1.807) is 36.6 Å². The summed E-state index contributed by atoms with van der Waals surface area (Å²) in [4.78, 5) is 4.77. The quantitative estimate of drug-likeness (QED) is 0.202. The van der Waals surface area contributed by atoms with E-state index in [2.05, 4.69) is 42.6 Å². The van der Waals surface area contributed by atoms with Crippen LogP contribution in [0.25, 0.3) is 20.8 Å². The average Bonchev–Trinajstić information content (AvgIpc) is 3.32. The molecule has 188 valence electrons. The Morgan fingerprint density at radius 1 is 0.838 bits per heavy atom. The highest BCUT2D eigenvalue weighted by Gasteiger charge is 2.12. The molecule has 0 radical (unpaired) electrons. The lowest BCUT2D eigenvalue weighted by molar-refractivity contribution is 0.284. The van der Waals surface area contributed by atoms with E-state index in [1.807, 2.05) is 24.3 Å². The normalized spacial score (nSPS) is 11.1. The van der Waals surface area contributed by atoms with Gasteiger partial charge in [0, 0.05) is 28.9 Å². The molecule has 1 aromatic heterocycles. The fourth-order valence-corrected chi connectivity index (χ4v) is 5.47. The molecule has 5 rings (SSSR count). The van der Waals surface area contributed by atoms with Crippen molar-refractivity contribution >= 4 is 62.0 Å². The highest BCUT2D eigenvalue weighted by Crippen LogP contribution is 2.35. The monoisotopic (exact) mass is 568 g/mol. The topological polar surface area (TPSA) is 43.4 Å². The Kier molecular flexibility index (Phi) is 7.77. The average molecular weight is 570 g/mol. The van der Waals surface area contributed by atoms with E-state index in [9.17, 15) is 0 Å². The van der Waals surface area contributed by atoms with Crippen molar-refractivity contribution in [2.75, 3.05) is 12.4 Å². The molecule has 0 bridgehead atoms. The summed E-state index contributed by atoms with van der Waals surface area (Å²) in [6.45, 7) is 2.93. The van der Waals surface area contributed by atoms with Gasteiger partial charge in [-0.25, -0.2) is 4.98 Å². The van der Waals surface area contributed by atoms with E-state index >= 15 is 0 Å². The van der Waals surface area contributed by atoms with Crippen LogP contribution in [0.1, 0.15) is 16.7 Å². The second-order valence-corrected chi connectivity index (χ2v) is 10.8. The Morgan fingerprint density at radius 2 is 1.65 bits per heavy atom. The minimum absolute atomic E-state index is 0.307. The van der Waals surface area contributed by atoms with E-state index < -0.39 is 0 Å². The van der Waals surface area contributed by atoms with Gasteiger partial charge in [0.25, 0.3) is 0 Å². The molecule has 0 unspecified atom stereocenters. The van der Waals surface area contributed by atoms with Gasteiger partial charge in [-0.2, -0.15) is 0 Å². The summed E-state index contributed by atoms with van der Waals surface area (Å²) < 4.78 is 12.7. The van der Waals surface area contributed by atoms with Gasteiger partial charge in [-0.1, -0.05) is 46.9 Å². The van der Waals surface area contributed by atoms with E-state index in [-0.39, 0.29) is 0 Å². The zero-order valence-corrected chi connectivity index (χ0v) is 23.2. The van der Waals surface area contributed by atoms with Gasteiger partial charge in [0.15, 0.2) is 11.5 Å². The van der Waals surface area contributed by atoms with Crippen molar-refractivity contribution in [3.05, 3.63) is 105 Å². The van der Waals surface area contributed by atoms with Crippen LogP contribution >= 0.6 is 46.1 Å². The van der Waals surface area contributed by atoms with Crippen LogP contribution in [-0.4, -0.2) is 12.1 Å². The highest BCUT2D eigenvalue weighted by molar-refractivity contribution is 7.21. The maximum atomic E-state index is 6.59. The highest BCUT2D eigenvalue weighted by atomic mass is 35.5. The van der Waals surface area contributed by atoms with Crippen molar-refractivity contribution in [1.82, 2.24) is 4.98 Å². The molecule has 0 spiro atoms. The standard InChI is InChI=1S/C29H23Cl3N2O2S/c1-17-3-10-25-28(11-17)37-29(34-25)19-5-7-21(8-6-19)33-15-20-13-26(35-2)27(14-23(20)31)36-16-18-4-9-22(30)24(32)12-18/h3-14,33H,15-16H2,1-2H3. The molecule has 1 N–H and O–H groups in total. The molecule has 1 heterocycles. The van der Waals surface area contributed by atoms with Gasteiger partial charge >= 0.3 is 0 Å². The van der Waals surface area contributed by atoms with Gasteiger partial charge in [-0.15, -0.1) is 11.3 Å². The first-order valence-corrected chi connectivity index (χ1v) is 13.5. The molecule has 0 atom stereocenters. The largest absolute Gasteiger partial charge is 0.493 e. The van der Waals surface area contributed by atoms with Crippen LogP contribution in [0.15, 0.2) is 72.8 Å². The van der Waals surface area contributed by atoms with Crippen LogP contribution in [0.3, 0.4) is 0 Å². The second kappa shape index (κ2) is 11.2. The number of hydrogen-bond donors (Lipinski definition) is 1. The predicted octanol–water partition coefficient (Wildman–Crippen LogP) is 9.43. The zero-order chi connectivity index (χ0) is 25.9. The molecule has 0 aliphatic carbocycles. The molecule has 0 aliphatic heterocycles. The molecule has 0 aliphatic rings. The summed E-state index contributed by atoms with van der Waals surface area (Å²) in [7, 11) is 1.61. The number of benzene rings is 4. The van der Waals surface area contributed by atoms with Gasteiger partial charge < -0.3 is 14.8 Å². The fraction of sp³-hybridized carbons (Fsp3) is 0.138. The Morgan fingerprint density at radius 3 is 2.41 bits per heavy atom. The van der Waals surface area contributed by atoms with E-state index in [1.165, 1.54) is 10.3 Å². The molecule has 37 heavy (non-hydrogen) atoms. The number of anilines is 1. The Hall–Kier alpha value is -2.96. The number of fused-ring (bicyclic) bond motifs is 1. The minimum atomic E-state index is 0.307. The summed E-state index contributed by atoms with van der Waals surface area (Å²) >= 11 is 20.4. The molecule has 0 amide bonds. The van der Waals surface area contributed by atoms with Gasteiger partial charge in [-0.05, 0) is 78.2 Å². The van der Waals surface area contributed by atoms with Gasteiger partial charge in [-0.3, -0.25) is 0 Å². The second-order valence-electron chi connectivity index (χ2n) is 8.55. The molecule has 0 saturated heterocycles. The van der Waals surface area contributed by atoms with Crippen molar-refractivity contribution in [3.8, 4) is 22.1 Å². The molecule has 5 aromatic rings. The zero-order valence-electron chi connectivity index (χ0n) is 20.1. The molecule has 0 saturated carbocycles. The van der Waals surface area contributed by atoms with E-state index in [0.29, 0.717) is 39.7 Å². The van der Waals surface area contributed by atoms with Crippen molar-refractivity contribution in [3.63, 3.8) is 0 Å². The fourth-order valence-electron chi connectivity index (χ4n) is 3.86. The Labute approximate surface area is 234 Å². The molecular formula is C29H23Cl3N2O2S. The number of hydrogen-bond acceptors (Lipinski definition) is 5. The molecule has 4 aromatic carbocycles. The van der Waals surface area contributed by atoms with Gasteiger partial charge in [0.2, 0.25) is 0 Å². The third-order valence-electron chi connectivity index (χ3n) is 5.87. The first-order chi connectivity index (χ1) is 17.9. The molecule has 0 fully saturated rings. The van der Waals surface area contributed by atoms with Crippen LogP contribution in [0.5, 0.6) is 11.5 Å². The number of methoxy groups -OCH3 is 1. The van der Waals surface area contributed by atoms with Gasteiger partial charge in [0.05, 0.1) is 27.4 Å². The number of rotatable bonds is 8. The lowest BCUT2D eigenvalue weighted by Crippen LogP contribution is -2.03. The smallest absolute Gasteiger partial charge is 0.163 e. The van der Waals surface area contributed by atoms with Crippen molar-refractivity contribution < 1.29 is 9.47 Å². The summed E-state index contributed by atoms with van der Waals surface area (Å²) in [5, 5.41) is 6.01. The first-order valence-electron chi connectivity index (χ1n) is 11.5. The number of halogens is 3. The summed E-state index contributed by atoms with van der Waals surface area (Å²) in [6.07, 6.45) is 0. The Balaban J connectivity index is 1.25. The number of aromatic nitrogens is 1. The predicted molar refractivity (Wildman–Crippen MR) is 156 cm³/mol. The molecule has 4 nitrogen and oxygen atoms in total. The lowest BCUT2D eigenvalue weighted by atomic mass is 10.1. The maximum absolute atomic E-state index is 6.59. The van der Waals surface area contributed by atoms with E-state index in [4.69, 9.17) is 49.3 Å². The van der Waals surface area contributed by atoms with Crippen molar-refractivity contribution in [1.29, 1.82) is 0 Å². The summed E-state index contributed by atoms with van der Waals surface area (Å²) in [5.41, 5.74) is 6.13. The maximum Gasteiger partial charge on any atom is 0.163 e. The van der Waals surface area contributed by atoms with Crippen LogP contribution in [-0.2, 0) is 13.2 Å². The summed E-state index contributed by atoms with van der Waals surface area (Å²) in [5.74, 6) is 1.15. The lowest BCUT2D eigenvalue weighted by Gasteiger charge is -2.15. The number of aryl methyl sites for hydroxylation is 1. The number of ether oxygens (including phenoxy) is 2.